The SMILES string of the molecule is CN=C(NCc1nccn1C(F)F)NC(C)c1ccc(OCC(C)C)cc1.I. The standard InChI is InChI=1S/C19H27F2N5O.HI/c1-13(2)12-27-16-7-5-15(6-8-16)14(3)25-19(22-4)24-11-17-23-9-10-26(17)18(20)21;/h5-10,13-14,18H,11-12H2,1-4H3,(H2,22,24,25);1H. The summed E-state index contributed by atoms with van der Waals surface area (Å²) in [6.45, 7) is 4.41. The van der Waals surface area contributed by atoms with E-state index in [4.69, 9.17) is 4.74 Å². The lowest BCUT2D eigenvalue weighted by molar-refractivity contribution is 0.0668. The highest BCUT2D eigenvalue weighted by molar-refractivity contribution is 14.0. The van der Waals surface area contributed by atoms with Gasteiger partial charge in [0.15, 0.2) is 5.96 Å². The van der Waals surface area contributed by atoms with Crippen molar-refractivity contribution in [2.75, 3.05) is 13.7 Å². The fraction of sp³-hybridized carbons (Fsp3) is 0.474. The molecule has 2 aromatic rings. The molecule has 6 nitrogen and oxygen atoms in total. The monoisotopic (exact) mass is 507 g/mol. The van der Waals surface area contributed by atoms with Gasteiger partial charge in [0, 0.05) is 19.4 Å². The van der Waals surface area contributed by atoms with Crippen LogP contribution in [-0.2, 0) is 6.54 Å². The van der Waals surface area contributed by atoms with Crippen molar-refractivity contribution < 1.29 is 13.5 Å². The van der Waals surface area contributed by atoms with Crippen LogP contribution < -0.4 is 15.4 Å². The van der Waals surface area contributed by atoms with E-state index in [2.05, 4.69) is 34.5 Å². The van der Waals surface area contributed by atoms with E-state index in [1.165, 1.54) is 12.4 Å². The van der Waals surface area contributed by atoms with Gasteiger partial charge in [-0.15, -0.1) is 24.0 Å². The molecule has 28 heavy (non-hydrogen) atoms. The highest BCUT2D eigenvalue weighted by Crippen LogP contribution is 2.18. The van der Waals surface area contributed by atoms with Crippen LogP contribution in [0.2, 0.25) is 0 Å². The summed E-state index contributed by atoms with van der Waals surface area (Å²) in [7, 11) is 1.63. The normalized spacial score (nSPS) is 12.6. The smallest absolute Gasteiger partial charge is 0.319 e. The van der Waals surface area contributed by atoms with Crippen molar-refractivity contribution in [3.8, 4) is 5.75 Å². The van der Waals surface area contributed by atoms with Crippen LogP contribution >= 0.6 is 24.0 Å². The van der Waals surface area contributed by atoms with Gasteiger partial charge < -0.3 is 15.4 Å². The first-order valence-electron chi connectivity index (χ1n) is 8.90. The molecule has 0 radical (unpaired) electrons. The third-order valence-electron chi connectivity index (χ3n) is 3.91. The largest absolute Gasteiger partial charge is 0.493 e. The van der Waals surface area contributed by atoms with Gasteiger partial charge in [0.2, 0.25) is 0 Å². The van der Waals surface area contributed by atoms with Crippen molar-refractivity contribution in [1.82, 2.24) is 20.2 Å². The van der Waals surface area contributed by atoms with Crippen LogP contribution in [0.3, 0.4) is 0 Å². The maximum atomic E-state index is 12.9. The van der Waals surface area contributed by atoms with E-state index >= 15 is 0 Å². The van der Waals surface area contributed by atoms with Crippen LogP contribution in [-0.4, -0.2) is 29.2 Å². The Balaban J connectivity index is 0.00000392. The molecule has 1 heterocycles. The minimum atomic E-state index is -2.62. The van der Waals surface area contributed by atoms with Gasteiger partial charge in [0.1, 0.15) is 11.6 Å². The van der Waals surface area contributed by atoms with E-state index in [9.17, 15) is 8.78 Å². The zero-order chi connectivity index (χ0) is 19.8. The predicted molar refractivity (Wildman–Crippen MR) is 117 cm³/mol. The minimum absolute atomic E-state index is 0. The Morgan fingerprint density at radius 3 is 2.46 bits per heavy atom. The molecule has 0 amide bonds. The third-order valence-corrected chi connectivity index (χ3v) is 3.91. The van der Waals surface area contributed by atoms with E-state index < -0.39 is 6.55 Å². The van der Waals surface area contributed by atoms with E-state index in [-0.39, 0.29) is 42.4 Å². The molecule has 156 valence electrons. The van der Waals surface area contributed by atoms with Gasteiger partial charge in [-0.3, -0.25) is 9.56 Å². The first kappa shape index (κ1) is 24.1. The second-order valence-electron chi connectivity index (χ2n) is 6.59. The molecule has 1 unspecified atom stereocenters. The fourth-order valence-corrected chi connectivity index (χ4v) is 2.42. The minimum Gasteiger partial charge on any atom is -0.493 e. The number of halogens is 3. The Morgan fingerprint density at radius 2 is 1.89 bits per heavy atom. The average molecular weight is 507 g/mol. The number of benzene rings is 1. The topological polar surface area (TPSA) is 63.5 Å². The van der Waals surface area contributed by atoms with Crippen LogP contribution in [0.4, 0.5) is 8.78 Å². The number of nitrogens with one attached hydrogen (secondary N) is 2. The van der Waals surface area contributed by atoms with Gasteiger partial charge in [-0.2, -0.15) is 8.78 Å². The first-order valence-corrected chi connectivity index (χ1v) is 8.90. The summed E-state index contributed by atoms with van der Waals surface area (Å²) in [4.78, 5) is 8.08. The molecule has 0 aliphatic carbocycles. The van der Waals surface area contributed by atoms with Gasteiger partial charge in [0.25, 0.3) is 0 Å². The van der Waals surface area contributed by atoms with Crippen molar-refractivity contribution in [3.63, 3.8) is 0 Å². The van der Waals surface area contributed by atoms with Crippen LogP contribution in [0.1, 0.15) is 44.8 Å². The molecule has 9 heteroatoms. The van der Waals surface area contributed by atoms with Crippen molar-refractivity contribution in [2.24, 2.45) is 10.9 Å². The molecule has 0 spiro atoms. The number of alkyl halides is 2. The van der Waals surface area contributed by atoms with Crippen molar-refractivity contribution in [3.05, 3.63) is 48.0 Å². The Bertz CT molecular complexity index is 734. The molecular weight excluding hydrogens is 479 g/mol. The molecule has 0 aliphatic rings. The average Bonchev–Trinajstić information content (AvgIpc) is 3.12. The fourth-order valence-electron chi connectivity index (χ4n) is 2.42. The Morgan fingerprint density at radius 1 is 1.21 bits per heavy atom. The number of rotatable bonds is 8. The Hall–Kier alpha value is -1.91. The molecule has 1 aromatic heterocycles. The van der Waals surface area contributed by atoms with Crippen molar-refractivity contribution >= 4 is 29.9 Å². The number of aromatic nitrogens is 2. The van der Waals surface area contributed by atoms with Crippen LogP contribution in [0.15, 0.2) is 41.7 Å². The maximum absolute atomic E-state index is 12.9. The zero-order valence-corrected chi connectivity index (χ0v) is 18.9. The predicted octanol–water partition coefficient (Wildman–Crippen LogP) is 4.36. The summed E-state index contributed by atoms with van der Waals surface area (Å²) >= 11 is 0. The van der Waals surface area contributed by atoms with Crippen LogP contribution in [0.5, 0.6) is 5.75 Å². The van der Waals surface area contributed by atoms with Gasteiger partial charge >= 0.3 is 6.55 Å². The second kappa shape index (κ2) is 11.8. The third kappa shape index (κ3) is 7.25. The summed E-state index contributed by atoms with van der Waals surface area (Å²) in [6.07, 6.45) is 2.61. The van der Waals surface area contributed by atoms with E-state index in [0.29, 0.717) is 18.5 Å². The number of hydrogen-bond donors (Lipinski definition) is 2. The van der Waals surface area contributed by atoms with Crippen molar-refractivity contribution in [1.29, 1.82) is 0 Å². The zero-order valence-electron chi connectivity index (χ0n) is 16.5. The molecule has 1 aromatic carbocycles. The molecule has 1 atom stereocenters. The van der Waals surface area contributed by atoms with E-state index in [1.54, 1.807) is 7.05 Å². The number of ether oxygens (including phenoxy) is 1. The molecule has 2 N–H and O–H groups in total. The highest BCUT2D eigenvalue weighted by atomic mass is 127. The molecule has 0 fully saturated rings. The lowest BCUT2D eigenvalue weighted by Crippen LogP contribution is -2.38. The lowest BCUT2D eigenvalue weighted by atomic mass is 10.1. The molecule has 0 saturated carbocycles. The molecule has 0 bridgehead atoms. The van der Waals surface area contributed by atoms with Crippen LogP contribution in [0, 0.1) is 5.92 Å². The second-order valence-corrected chi connectivity index (χ2v) is 6.59. The Labute approximate surface area is 181 Å². The molecule has 2 rings (SSSR count). The lowest BCUT2D eigenvalue weighted by Gasteiger charge is -2.19. The number of imidazole rings is 1. The van der Waals surface area contributed by atoms with Gasteiger partial charge in [-0.25, -0.2) is 4.98 Å². The Kier molecular flexibility index (Phi) is 10.2. The maximum Gasteiger partial charge on any atom is 0.319 e. The molecule has 0 saturated heterocycles. The molecule has 0 aliphatic heterocycles. The van der Waals surface area contributed by atoms with Gasteiger partial charge in [0.05, 0.1) is 19.2 Å². The summed E-state index contributed by atoms with van der Waals surface area (Å²) in [6, 6.07) is 7.83. The molecular formula is C19H28F2IN5O. The van der Waals surface area contributed by atoms with Gasteiger partial charge in [-0.1, -0.05) is 26.0 Å². The number of hydrogen-bond acceptors (Lipinski definition) is 3. The summed E-state index contributed by atoms with van der Waals surface area (Å²) < 4.78 is 32.2. The van der Waals surface area contributed by atoms with Crippen molar-refractivity contribution in [2.45, 2.75) is 39.9 Å². The summed E-state index contributed by atoms with van der Waals surface area (Å²) in [5.41, 5.74) is 1.06. The number of aliphatic imine (C=N–C) groups is 1. The van der Waals surface area contributed by atoms with E-state index in [1.807, 2.05) is 31.2 Å². The van der Waals surface area contributed by atoms with Gasteiger partial charge in [-0.05, 0) is 30.5 Å². The number of guanidine groups is 1. The number of nitrogens with zero attached hydrogens (tertiary/aromatic N) is 3. The first-order chi connectivity index (χ1) is 12.9. The quantitative estimate of drug-likeness (QED) is 0.317. The highest BCUT2D eigenvalue weighted by Gasteiger charge is 2.13. The summed E-state index contributed by atoms with van der Waals surface area (Å²) in [5.74, 6) is 2.06. The van der Waals surface area contributed by atoms with E-state index in [0.717, 1.165) is 15.9 Å². The van der Waals surface area contributed by atoms with Crippen LogP contribution in [0.25, 0.3) is 0 Å². The summed E-state index contributed by atoms with van der Waals surface area (Å²) in [5, 5.41) is 6.25.